The van der Waals surface area contributed by atoms with Crippen molar-refractivity contribution in [3.63, 3.8) is 0 Å². The number of nitrogen functional groups attached to an aromatic ring is 1. The molecular weight excluding hydrogens is 194 g/mol. The number of ether oxygens (including phenoxy) is 1. The number of rotatable bonds is 3. The summed E-state index contributed by atoms with van der Waals surface area (Å²) in [4.78, 5) is 4.16. The van der Waals surface area contributed by atoms with Crippen molar-refractivity contribution in [1.29, 1.82) is 0 Å². The van der Waals surface area contributed by atoms with Crippen molar-refractivity contribution < 1.29 is 9.26 Å². The maximum absolute atomic E-state index is 5.57. The minimum absolute atomic E-state index is 0.321. The van der Waals surface area contributed by atoms with Crippen molar-refractivity contribution in [2.24, 2.45) is 0 Å². The van der Waals surface area contributed by atoms with E-state index < -0.39 is 0 Å². The number of nitrogens with zero attached hydrogens (tertiary/aromatic N) is 2. The fourth-order valence-electron chi connectivity index (χ4n) is 1.19. The van der Waals surface area contributed by atoms with E-state index in [0.717, 1.165) is 5.56 Å². The lowest BCUT2D eigenvalue weighted by molar-refractivity contribution is 0.151. The van der Waals surface area contributed by atoms with Crippen molar-refractivity contribution in [2.75, 3.05) is 12.8 Å². The lowest BCUT2D eigenvalue weighted by atomic mass is 10.2. The van der Waals surface area contributed by atoms with E-state index in [1.54, 1.807) is 19.2 Å². The fourth-order valence-corrected chi connectivity index (χ4v) is 1.19. The number of aromatic nitrogens is 2. The smallest absolute Gasteiger partial charge is 0.252 e. The zero-order valence-corrected chi connectivity index (χ0v) is 8.30. The van der Waals surface area contributed by atoms with Crippen LogP contribution in [0.3, 0.4) is 0 Å². The molecule has 2 rings (SSSR count). The second-order valence-corrected chi connectivity index (χ2v) is 3.07. The number of anilines is 1. The van der Waals surface area contributed by atoms with Gasteiger partial charge in [-0.05, 0) is 24.3 Å². The summed E-state index contributed by atoms with van der Waals surface area (Å²) in [6, 6.07) is 7.27. The number of methoxy groups -OCH3 is 1. The van der Waals surface area contributed by atoms with Gasteiger partial charge in [0.15, 0.2) is 0 Å². The second-order valence-electron chi connectivity index (χ2n) is 3.07. The molecule has 0 aliphatic carbocycles. The summed E-state index contributed by atoms with van der Waals surface area (Å²) < 4.78 is 9.85. The molecule has 0 aliphatic rings. The van der Waals surface area contributed by atoms with E-state index in [-0.39, 0.29) is 0 Å². The van der Waals surface area contributed by atoms with Crippen LogP contribution < -0.4 is 5.73 Å². The molecule has 0 spiro atoms. The lowest BCUT2D eigenvalue weighted by Gasteiger charge is -1.94. The predicted molar refractivity (Wildman–Crippen MR) is 54.9 cm³/mol. The van der Waals surface area contributed by atoms with Gasteiger partial charge in [-0.15, -0.1) is 0 Å². The standard InChI is InChI=1S/C10H11N3O2/c1-14-6-9-12-10(13-15-9)7-2-4-8(11)5-3-7/h2-5H,6,11H2,1H3. The molecule has 1 heterocycles. The predicted octanol–water partition coefficient (Wildman–Crippen LogP) is 1.47. The minimum Gasteiger partial charge on any atom is -0.399 e. The summed E-state index contributed by atoms with van der Waals surface area (Å²) in [6.07, 6.45) is 0. The van der Waals surface area contributed by atoms with Crippen LogP contribution in [0.2, 0.25) is 0 Å². The summed E-state index contributed by atoms with van der Waals surface area (Å²) in [5, 5.41) is 3.83. The first kappa shape index (κ1) is 9.67. The van der Waals surface area contributed by atoms with Gasteiger partial charge >= 0.3 is 0 Å². The maximum atomic E-state index is 5.57. The van der Waals surface area contributed by atoms with Gasteiger partial charge in [0.2, 0.25) is 5.82 Å². The third-order valence-electron chi connectivity index (χ3n) is 1.90. The monoisotopic (exact) mass is 205 g/mol. The number of benzene rings is 1. The molecule has 5 heteroatoms. The van der Waals surface area contributed by atoms with E-state index in [2.05, 4.69) is 10.1 Å². The van der Waals surface area contributed by atoms with Crippen LogP contribution in [-0.2, 0) is 11.3 Å². The molecule has 0 saturated heterocycles. The molecule has 0 fully saturated rings. The average Bonchev–Trinajstić information content (AvgIpc) is 2.68. The highest BCUT2D eigenvalue weighted by atomic mass is 16.5. The van der Waals surface area contributed by atoms with Crippen LogP contribution in [0.15, 0.2) is 28.8 Å². The van der Waals surface area contributed by atoms with Gasteiger partial charge in [-0.2, -0.15) is 4.98 Å². The third kappa shape index (κ3) is 2.13. The fraction of sp³-hybridized carbons (Fsp3) is 0.200. The molecule has 1 aromatic carbocycles. The SMILES string of the molecule is COCc1nc(-c2ccc(N)cc2)no1. The van der Waals surface area contributed by atoms with Gasteiger partial charge in [-0.3, -0.25) is 0 Å². The van der Waals surface area contributed by atoms with E-state index in [1.807, 2.05) is 12.1 Å². The molecule has 1 aromatic heterocycles. The van der Waals surface area contributed by atoms with Gasteiger partial charge < -0.3 is 15.0 Å². The Kier molecular flexibility index (Phi) is 2.64. The Balaban J connectivity index is 2.25. The normalized spacial score (nSPS) is 10.5. The van der Waals surface area contributed by atoms with Gasteiger partial charge in [0.1, 0.15) is 6.61 Å². The first-order valence-corrected chi connectivity index (χ1v) is 4.47. The number of hydrogen-bond donors (Lipinski definition) is 1. The lowest BCUT2D eigenvalue weighted by Crippen LogP contribution is -1.87. The Labute approximate surface area is 86.9 Å². The topological polar surface area (TPSA) is 74.2 Å². The number of hydrogen-bond acceptors (Lipinski definition) is 5. The van der Waals surface area contributed by atoms with Crippen LogP contribution in [0, 0.1) is 0 Å². The minimum atomic E-state index is 0.321. The Morgan fingerprint density at radius 1 is 1.33 bits per heavy atom. The van der Waals surface area contributed by atoms with Crippen LogP contribution >= 0.6 is 0 Å². The summed E-state index contributed by atoms with van der Waals surface area (Å²) >= 11 is 0. The molecule has 2 aromatic rings. The van der Waals surface area contributed by atoms with E-state index >= 15 is 0 Å². The highest BCUT2D eigenvalue weighted by Gasteiger charge is 2.07. The molecule has 0 unspecified atom stereocenters. The van der Waals surface area contributed by atoms with Crippen molar-refractivity contribution in [2.45, 2.75) is 6.61 Å². The van der Waals surface area contributed by atoms with E-state index in [4.69, 9.17) is 15.0 Å². The molecule has 0 aliphatic heterocycles. The van der Waals surface area contributed by atoms with Gasteiger partial charge in [-0.1, -0.05) is 5.16 Å². The average molecular weight is 205 g/mol. The second kappa shape index (κ2) is 4.10. The number of nitrogens with two attached hydrogens (primary N) is 1. The van der Waals surface area contributed by atoms with E-state index in [1.165, 1.54) is 0 Å². The van der Waals surface area contributed by atoms with Crippen molar-refractivity contribution in [1.82, 2.24) is 10.1 Å². The molecule has 0 radical (unpaired) electrons. The van der Waals surface area contributed by atoms with Gasteiger partial charge in [0.05, 0.1) is 0 Å². The summed E-state index contributed by atoms with van der Waals surface area (Å²) in [6.45, 7) is 0.321. The Morgan fingerprint density at radius 2 is 2.07 bits per heavy atom. The molecule has 0 atom stereocenters. The zero-order valence-electron chi connectivity index (χ0n) is 8.30. The summed E-state index contributed by atoms with van der Waals surface area (Å²) in [7, 11) is 1.58. The molecule has 0 amide bonds. The van der Waals surface area contributed by atoms with Gasteiger partial charge in [0.25, 0.3) is 5.89 Å². The molecule has 2 N–H and O–H groups in total. The van der Waals surface area contributed by atoms with Crippen molar-refractivity contribution in [3.8, 4) is 11.4 Å². The Hall–Kier alpha value is -1.88. The van der Waals surface area contributed by atoms with Crippen molar-refractivity contribution >= 4 is 5.69 Å². The first-order valence-electron chi connectivity index (χ1n) is 4.47. The summed E-state index contributed by atoms with van der Waals surface area (Å²) in [5.41, 5.74) is 7.15. The molecule has 0 saturated carbocycles. The highest BCUT2D eigenvalue weighted by Crippen LogP contribution is 2.17. The highest BCUT2D eigenvalue weighted by molar-refractivity contribution is 5.57. The van der Waals surface area contributed by atoms with Crippen LogP contribution in [0.25, 0.3) is 11.4 Å². The van der Waals surface area contributed by atoms with Crippen LogP contribution in [0.5, 0.6) is 0 Å². The van der Waals surface area contributed by atoms with Crippen LogP contribution in [0.1, 0.15) is 5.89 Å². The van der Waals surface area contributed by atoms with Gasteiger partial charge in [0, 0.05) is 18.4 Å². The van der Waals surface area contributed by atoms with Crippen molar-refractivity contribution in [3.05, 3.63) is 30.2 Å². The molecule has 78 valence electrons. The van der Waals surface area contributed by atoms with Crippen LogP contribution in [0.4, 0.5) is 5.69 Å². The third-order valence-corrected chi connectivity index (χ3v) is 1.90. The van der Waals surface area contributed by atoms with Crippen LogP contribution in [-0.4, -0.2) is 17.3 Å². The zero-order chi connectivity index (χ0) is 10.7. The molecular formula is C10H11N3O2. The Bertz CT molecular complexity index is 436. The van der Waals surface area contributed by atoms with E-state index in [9.17, 15) is 0 Å². The quantitative estimate of drug-likeness (QED) is 0.768. The first-order chi connectivity index (χ1) is 7.29. The Morgan fingerprint density at radius 3 is 2.73 bits per heavy atom. The largest absolute Gasteiger partial charge is 0.399 e. The molecule has 5 nitrogen and oxygen atoms in total. The summed E-state index contributed by atoms with van der Waals surface area (Å²) in [5.74, 6) is 1.01. The maximum Gasteiger partial charge on any atom is 0.252 e. The molecule has 15 heavy (non-hydrogen) atoms. The molecule has 0 bridgehead atoms. The van der Waals surface area contributed by atoms with E-state index in [0.29, 0.717) is 24.0 Å². The van der Waals surface area contributed by atoms with Gasteiger partial charge in [-0.25, -0.2) is 0 Å².